The molecule has 0 amide bonds. The quantitative estimate of drug-likeness (QED) is 0.784. The summed E-state index contributed by atoms with van der Waals surface area (Å²) < 4.78 is 37.7. The zero-order valence-electron chi connectivity index (χ0n) is 14.1. The average Bonchev–Trinajstić information content (AvgIpc) is 2.43. The van der Waals surface area contributed by atoms with Crippen LogP contribution in [0.15, 0.2) is 23.1 Å². The minimum atomic E-state index is -3.59. The first kappa shape index (κ1) is 18.7. The molecular weight excluding hydrogens is 304 g/mol. The highest BCUT2D eigenvalue weighted by Crippen LogP contribution is 2.29. The van der Waals surface area contributed by atoms with Crippen LogP contribution in [0.4, 0.5) is 0 Å². The van der Waals surface area contributed by atoms with E-state index in [-0.39, 0.29) is 10.3 Å². The molecule has 0 fully saturated rings. The van der Waals surface area contributed by atoms with E-state index in [1.807, 2.05) is 32.8 Å². The van der Waals surface area contributed by atoms with Gasteiger partial charge in [-0.15, -0.1) is 0 Å². The van der Waals surface area contributed by atoms with Crippen LogP contribution >= 0.6 is 0 Å². The van der Waals surface area contributed by atoms with Crippen LogP contribution < -0.4 is 14.2 Å². The van der Waals surface area contributed by atoms with Crippen molar-refractivity contribution in [3.05, 3.63) is 18.2 Å². The number of sulfonamides is 1. The van der Waals surface area contributed by atoms with E-state index in [9.17, 15) is 8.42 Å². The Balaban J connectivity index is 2.91. The summed E-state index contributed by atoms with van der Waals surface area (Å²) >= 11 is 0. The topological polar surface area (TPSA) is 67.9 Å². The highest BCUT2D eigenvalue weighted by Gasteiger charge is 2.23. The Morgan fingerprint density at radius 3 is 2.23 bits per heavy atom. The van der Waals surface area contributed by atoms with E-state index < -0.39 is 10.0 Å². The molecule has 0 saturated carbocycles. The van der Waals surface area contributed by atoms with Crippen LogP contribution in [0, 0.1) is 5.41 Å². The summed E-state index contributed by atoms with van der Waals surface area (Å²) in [6, 6.07) is 4.54. The fourth-order valence-corrected chi connectivity index (χ4v) is 3.53. The molecule has 1 N–H and O–H groups in total. The Hall–Kier alpha value is -1.31. The summed E-state index contributed by atoms with van der Waals surface area (Å²) in [5.74, 6) is 0.882. The number of nitrogens with one attached hydrogen (secondary N) is 1. The summed E-state index contributed by atoms with van der Waals surface area (Å²) in [4.78, 5) is 2.19. The molecule has 0 bridgehead atoms. The molecule has 0 unspecified atom stereocenters. The Morgan fingerprint density at radius 1 is 1.14 bits per heavy atom. The molecule has 0 aliphatic carbocycles. The largest absolute Gasteiger partial charge is 0.493 e. The smallest absolute Gasteiger partial charge is 0.240 e. The van der Waals surface area contributed by atoms with E-state index >= 15 is 0 Å². The predicted octanol–water partition coefficient (Wildman–Crippen LogP) is 1.57. The highest BCUT2D eigenvalue weighted by atomic mass is 32.2. The first-order valence-electron chi connectivity index (χ1n) is 6.98. The Morgan fingerprint density at radius 2 is 1.73 bits per heavy atom. The lowest BCUT2D eigenvalue weighted by Gasteiger charge is -2.28. The van der Waals surface area contributed by atoms with Gasteiger partial charge in [0, 0.05) is 19.2 Å². The van der Waals surface area contributed by atoms with Crippen LogP contribution in [-0.2, 0) is 10.0 Å². The number of hydrogen-bond donors (Lipinski definition) is 1. The zero-order valence-corrected chi connectivity index (χ0v) is 15.0. The van der Waals surface area contributed by atoms with E-state index in [1.54, 1.807) is 6.07 Å². The van der Waals surface area contributed by atoms with Gasteiger partial charge in [0.05, 0.1) is 19.1 Å². The van der Waals surface area contributed by atoms with Crippen LogP contribution in [-0.4, -0.2) is 54.7 Å². The Bertz CT molecular complexity index is 598. The minimum Gasteiger partial charge on any atom is -0.493 e. The van der Waals surface area contributed by atoms with Crippen molar-refractivity contribution in [1.29, 1.82) is 0 Å². The molecule has 0 saturated heterocycles. The second kappa shape index (κ2) is 7.30. The van der Waals surface area contributed by atoms with Gasteiger partial charge in [0.15, 0.2) is 11.5 Å². The van der Waals surface area contributed by atoms with Gasteiger partial charge >= 0.3 is 0 Å². The molecule has 0 aromatic heterocycles. The van der Waals surface area contributed by atoms with Crippen molar-refractivity contribution in [2.75, 3.05) is 41.4 Å². The number of ether oxygens (including phenoxy) is 2. The molecule has 126 valence electrons. The second-order valence-corrected chi connectivity index (χ2v) is 8.01. The lowest BCUT2D eigenvalue weighted by atomic mass is 9.93. The monoisotopic (exact) mass is 330 g/mol. The Labute approximate surface area is 133 Å². The van der Waals surface area contributed by atoms with E-state index in [0.29, 0.717) is 18.0 Å². The van der Waals surface area contributed by atoms with Crippen LogP contribution in [0.3, 0.4) is 0 Å². The molecule has 1 rings (SSSR count). The summed E-state index contributed by atoms with van der Waals surface area (Å²) in [5, 5.41) is 0. The van der Waals surface area contributed by atoms with Crippen molar-refractivity contribution in [2.24, 2.45) is 5.41 Å². The van der Waals surface area contributed by atoms with Crippen LogP contribution in [0.1, 0.15) is 13.8 Å². The van der Waals surface area contributed by atoms with Gasteiger partial charge < -0.3 is 14.4 Å². The van der Waals surface area contributed by atoms with E-state index in [1.165, 1.54) is 26.4 Å². The van der Waals surface area contributed by atoms with Gasteiger partial charge in [-0.05, 0) is 31.6 Å². The molecule has 7 heteroatoms. The predicted molar refractivity (Wildman–Crippen MR) is 87.1 cm³/mol. The summed E-state index contributed by atoms with van der Waals surface area (Å²) in [7, 11) is 3.32. The van der Waals surface area contributed by atoms with Crippen molar-refractivity contribution in [3.8, 4) is 11.5 Å². The second-order valence-electron chi connectivity index (χ2n) is 6.24. The van der Waals surface area contributed by atoms with Gasteiger partial charge in [-0.25, -0.2) is 13.1 Å². The molecular formula is C15H26N2O4S. The molecule has 0 aliphatic rings. The molecule has 0 atom stereocenters. The summed E-state index contributed by atoms with van der Waals surface area (Å²) in [5.41, 5.74) is -0.173. The lowest BCUT2D eigenvalue weighted by molar-refractivity contribution is 0.242. The maximum atomic E-state index is 12.4. The first-order chi connectivity index (χ1) is 10.1. The van der Waals surface area contributed by atoms with Gasteiger partial charge in [-0.3, -0.25) is 0 Å². The van der Waals surface area contributed by atoms with E-state index in [0.717, 1.165) is 6.54 Å². The van der Waals surface area contributed by atoms with Gasteiger partial charge in [-0.2, -0.15) is 0 Å². The standard InChI is InChI=1S/C15H26N2O4S/c1-15(2,11-17(3)4)10-16-22(18,19)12-7-8-13(20-5)14(9-12)21-6/h7-9,16H,10-11H2,1-6H3. The van der Waals surface area contributed by atoms with Gasteiger partial charge in [0.25, 0.3) is 0 Å². The number of hydrogen-bond acceptors (Lipinski definition) is 5. The van der Waals surface area contributed by atoms with Gasteiger partial charge in [-0.1, -0.05) is 13.8 Å². The maximum Gasteiger partial charge on any atom is 0.240 e. The van der Waals surface area contributed by atoms with E-state index in [2.05, 4.69) is 4.72 Å². The maximum absolute atomic E-state index is 12.4. The minimum absolute atomic E-state index is 0.158. The number of methoxy groups -OCH3 is 2. The summed E-state index contributed by atoms with van der Waals surface area (Å²) in [6.07, 6.45) is 0. The highest BCUT2D eigenvalue weighted by molar-refractivity contribution is 7.89. The van der Waals surface area contributed by atoms with Gasteiger partial charge in [0.1, 0.15) is 0 Å². The third-order valence-corrected chi connectivity index (χ3v) is 4.55. The SMILES string of the molecule is COc1ccc(S(=O)(=O)NCC(C)(C)CN(C)C)cc1OC. The van der Waals surface area contributed by atoms with Crippen molar-refractivity contribution >= 4 is 10.0 Å². The Kier molecular flexibility index (Phi) is 6.22. The number of nitrogens with zero attached hydrogens (tertiary/aromatic N) is 1. The van der Waals surface area contributed by atoms with E-state index in [4.69, 9.17) is 9.47 Å². The molecule has 0 heterocycles. The fourth-order valence-electron chi connectivity index (χ4n) is 2.27. The number of rotatable bonds is 8. The molecule has 22 heavy (non-hydrogen) atoms. The molecule has 1 aromatic rings. The first-order valence-corrected chi connectivity index (χ1v) is 8.46. The fraction of sp³-hybridized carbons (Fsp3) is 0.600. The van der Waals surface area contributed by atoms with Crippen LogP contribution in [0.25, 0.3) is 0 Å². The third-order valence-electron chi connectivity index (χ3n) is 3.15. The van der Waals surface area contributed by atoms with Crippen molar-refractivity contribution in [1.82, 2.24) is 9.62 Å². The van der Waals surface area contributed by atoms with Crippen molar-refractivity contribution in [3.63, 3.8) is 0 Å². The number of benzene rings is 1. The molecule has 0 spiro atoms. The third kappa shape index (κ3) is 5.15. The molecule has 6 nitrogen and oxygen atoms in total. The molecule has 0 radical (unpaired) electrons. The van der Waals surface area contributed by atoms with Crippen molar-refractivity contribution < 1.29 is 17.9 Å². The molecule has 0 aliphatic heterocycles. The zero-order chi connectivity index (χ0) is 17.0. The normalized spacial score (nSPS) is 12.5. The van der Waals surface area contributed by atoms with Crippen molar-refractivity contribution in [2.45, 2.75) is 18.7 Å². The lowest BCUT2D eigenvalue weighted by Crippen LogP contribution is -2.39. The summed E-state index contributed by atoms with van der Waals surface area (Å²) in [6.45, 7) is 5.16. The average molecular weight is 330 g/mol. The van der Waals surface area contributed by atoms with Crippen LogP contribution in [0.2, 0.25) is 0 Å². The van der Waals surface area contributed by atoms with Gasteiger partial charge in [0.2, 0.25) is 10.0 Å². The molecule has 1 aromatic carbocycles. The van der Waals surface area contributed by atoms with Crippen LogP contribution in [0.5, 0.6) is 11.5 Å².